The van der Waals surface area contributed by atoms with Gasteiger partial charge in [-0.15, -0.1) is 11.8 Å². The predicted molar refractivity (Wildman–Crippen MR) is 76.5 cm³/mol. The highest BCUT2D eigenvalue weighted by molar-refractivity contribution is 7.99. The van der Waals surface area contributed by atoms with Crippen LogP contribution in [-0.2, 0) is 0 Å². The minimum atomic E-state index is -0.877. The molecule has 0 fully saturated rings. The molecule has 0 saturated carbocycles. The molecule has 0 atom stereocenters. The summed E-state index contributed by atoms with van der Waals surface area (Å²) in [5.74, 6) is 0.258. The van der Waals surface area contributed by atoms with Crippen molar-refractivity contribution in [2.75, 3.05) is 5.75 Å². The van der Waals surface area contributed by atoms with Crippen LogP contribution in [0.1, 0.15) is 30.1 Å². The molecule has 0 aliphatic carbocycles. The molecule has 94 valence electrons. The quantitative estimate of drug-likeness (QED) is 0.638. The van der Waals surface area contributed by atoms with Crippen LogP contribution in [0.4, 0.5) is 0 Å². The summed E-state index contributed by atoms with van der Waals surface area (Å²) in [7, 11) is 0. The average molecular weight is 260 g/mol. The third-order valence-electron chi connectivity index (χ3n) is 2.83. The Morgan fingerprint density at radius 3 is 2.61 bits per heavy atom. The van der Waals surface area contributed by atoms with E-state index in [2.05, 4.69) is 19.1 Å². The summed E-state index contributed by atoms with van der Waals surface area (Å²) in [6, 6.07) is 11.4. The van der Waals surface area contributed by atoms with E-state index in [0.29, 0.717) is 5.56 Å². The van der Waals surface area contributed by atoms with Crippen molar-refractivity contribution in [2.45, 2.75) is 24.7 Å². The normalized spacial score (nSPS) is 10.7. The van der Waals surface area contributed by atoms with E-state index in [0.717, 1.165) is 16.5 Å². The predicted octanol–water partition coefficient (Wildman–Crippen LogP) is 4.43. The molecule has 0 spiro atoms. The van der Waals surface area contributed by atoms with Gasteiger partial charge in [0.25, 0.3) is 0 Å². The summed E-state index contributed by atoms with van der Waals surface area (Å²) in [6.45, 7) is 2.19. The Morgan fingerprint density at radius 1 is 1.17 bits per heavy atom. The van der Waals surface area contributed by atoms with E-state index in [1.807, 2.05) is 23.9 Å². The van der Waals surface area contributed by atoms with Gasteiger partial charge in [-0.05, 0) is 47.2 Å². The summed E-state index contributed by atoms with van der Waals surface area (Å²) in [5.41, 5.74) is 0.342. The number of carboxylic acid groups (broad SMARTS) is 1. The molecule has 0 amide bonds. The van der Waals surface area contributed by atoms with Crippen molar-refractivity contribution in [2.24, 2.45) is 0 Å². The molecule has 0 aliphatic rings. The third kappa shape index (κ3) is 3.05. The van der Waals surface area contributed by atoms with Crippen LogP contribution in [0.25, 0.3) is 10.8 Å². The third-order valence-corrected chi connectivity index (χ3v) is 3.91. The topological polar surface area (TPSA) is 37.3 Å². The minimum Gasteiger partial charge on any atom is -0.478 e. The van der Waals surface area contributed by atoms with Crippen LogP contribution < -0.4 is 0 Å². The van der Waals surface area contributed by atoms with Gasteiger partial charge in [0.1, 0.15) is 0 Å². The van der Waals surface area contributed by atoms with E-state index in [-0.39, 0.29) is 0 Å². The molecule has 1 N–H and O–H groups in total. The van der Waals surface area contributed by atoms with Crippen LogP contribution in [0.2, 0.25) is 0 Å². The van der Waals surface area contributed by atoms with Gasteiger partial charge in [-0.3, -0.25) is 0 Å². The van der Waals surface area contributed by atoms with Gasteiger partial charge >= 0.3 is 5.97 Å². The van der Waals surface area contributed by atoms with Gasteiger partial charge in [-0.25, -0.2) is 4.79 Å². The molecule has 0 radical (unpaired) electrons. The van der Waals surface area contributed by atoms with Gasteiger partial charge < -0.3 is 5.11 Å². The lowest BCUT2D eigenvalue weighted by molar-refractivity contribution is 0.0697. The molecule has 2 rings (SSSR count). The van der Waals surface area contributed by atoms with Crippen molar-refractivity contribution >= 4 is 28.5 Å². The summed E-state index contributed by atoms with van der Waals surface area (Å²) >= 11 is 1.85. The Balaban J connectivity index is 2.24. The van der Waals surface area contributed by atoms with Crippen LogP contribution in [-0.4, -0.2) is 16.8 Å². The first-order chi connectivity index (χ1) is 8.70. The number of hydrogen-bond donors (Lipinski definition) is 1. The zero-order chi connectivity index (χ0) is 13.0. The highest BCUT2D eigenvalue weighted by atomic mass is 32.2. The lowest BCUT2D eigenvalue weighted by Crippen LogP contribution is -1.95. The minimum absolute atomic E-state index is 0.342. The summed E-state index contributed by atoms with van der Waals surface area (Å²) in [6.07, 6.45) is 2.43. The van der Waals surface area contributed by atoms with Crippen molar-refractivity contribution in [1.82, 2.24) is 0 Å². The molecular weight excluding hydrogens is 244 g/mol. The number of hydrogen-bond acceptors (Lipinski definition) is 2. The number of rotatable bonds is 5. The van der Waals surface area contributed by atoms with Gasteiger partial charge in [0.05, 0.1) is 5.56 Å². The van der Waals surface area contributed by atoms with Gasteiger partial charge in [-0.2, -0.15) is 0 Å². The summed E-state index contributed by atoms with van der Waals surface area (Å²) in [4.78, 5) is 12.1. The van der Waals surface area contributed by atoms with Gasteiger partial charge in [0.15, 0.2) is 0 Å². The van der Waals surface area contributed by atoms with Gasteiger partial charge in [-0.1, -0.05) is 25.5 Å². The van der Waals surface area contributed by atoms with E-state index in [1.165, 1.54) is 17.7 Å². The van der Waals surface area contributed by atoms with Crippen LogP contribution in [0.5, 0.6) is 0 Å². The highest BCUT2D eigenvalue weighted by Gasteiger charge is 2.04. The molecule has 2 nitrogen and oxygen atoms in total. The molecule has 0 saturated heterocycles. The second-order valence-corrected chi connectivity index (χ2v) is 5.40. The Hall–Kier alpha value is -1.48. The molecule has 0 aromatic heterocycles. The van der Waals surface area contributed by atoms with Crippen LogP contribution in [0.15, 0.2) is 41.3 Å². The molecule has 2 aromatic rings. The van der Waals surface area contributed by atoms with Crippen LogP contribution in [0, 0.1) is 0 Å². The average Bonchev–Trinajstić information content (AvgIpc) is 2.38. The molecule has 0 bridgehead atoms. The SMILES string of the molecule is CCCCSc1ccc2cc(C(=O)O)ccc2c1. The molecule has 18 heavy (non-hydrogen) atoms. The molecular formula is C15H16O2S. The van der Waals surface area contributed by atoms with Crippen molar-refractivity contribution in [3.05, 3.63) is 42.0 Å². The number of carboxylic acids is 1. The number of thioether (sulfide) groups is 1. The first-order valence-electron chi connectivity index (χ1n) is 6.10. The Kier molecular flexibility index (Phi) is 4.26. The fourth-order valence-electron chi connectivity index (χ4n) is 1.78. The van der Waals surface area contributed by atoms with E-state index in [4.69, 9.17) is 5.11 Å². The number of benzene rings is 2. The number of unbranched alkanes of at least 4 members (excludes halogenated alkanes) is 1. The maximum Gasteiger partial charge on any atom is 0.335 e. The number of carbonyl (C=O) groups is 1. The fourth-order valence-corrected chi connectivity index (χ4v) is 2.82. The number of aromatic carboxylic acids is 1. The maximum absolute atomic E-state index is 10.9. The van der Waals surface area contributed by atoms with E-state index in [1.54, 1.807) is 12.1 Å². The van der Waals surface area contributed by atoms with Gasteiger partial charge in [0.2, 0.25) is 0 Å². The zero-order valence-electron chi connectivity index (χ0n) is 10.3. The van der Waals surface area contributed by atoms with Crippen molar-refractivity contribution in [3.63, 3.8) is 0 Å². The molecule has 0 aliphatic heterocycles. The van der Waals surface area contributed by atoms with Crippen molar-refractivity contribution in [1.29, 1.82) is 0 Å². The van der Waals surface area contributed by atoms with Crippen molar-refractivity contribution < 1.29 is 9.90 Å². The van der Waals surface area contributed by atoms with E-state index >= 15 is 0 Å². The summed E-state index contributed by atoms with van der Waals surface area (Å²) < 4.78 is 0. The second kappa shape index (κ2) is 5.91. The second-order valence-electron chi connectivity index (χ2n) is 4.23. The van der Waals surface area contributed by atoms with Gasteiger partial charge in [0, 0.05) is 4.90 Å². The maximum atomic E-state index is 10.9. The Morgan fingerprint density at radius 2 is 1.89 bits per heavy atom. The molecule has 0 heterocycles. The molecule has 3 heteroatoms. The van der Waals surface area contributed by atoms with E-state index < -0.39 is 5.97 Å². The van der Waals surface area contributed by atoms with Crippen molar-refractivity contribution in [3.8, 4) is 0 Å². The Labute approximate surface area is 111 Å². The first-order valence-corrected chi connectivity index (χ1v) is 7.09. The molecule has 2 aromatic carbocycles. The smallest absolute Gasteiger partial charge is 0.335 e. The monoisotopic (exact) mass is 260 g/mol. The first kappa shape index (κ1) is 13.0. The largest absolute Gasteiger partial charge is 0.478 e. The lowest BCUT2D eigenvalue weighted by Gasteiger charge is -2.04. The summed E-state index contributed by atoms with van der Waals surface area (Å²) in [5, 5.41) is 11.0. The van der Waals surface area contributed by atoms with E-state index in [9.17, 15) is 4.79 Å². The number of fused-ring (bicyclic) bond motifs is 1. The fraction of sp³-hybridized carbons (Fsp3) is 0.267. The molecule has 0 unspecified atom stereocenters. The lowest BCUT2D eigenvalue weighted by atomic mass is 10.1. The standard InChI is InChI=1S/C15H16O2S/c1-2-3-8-18-14-7-6-11-9-13(15(16)17)5-4-12(11)10-14/h4-7,9-10H,2-3,8H2,1H3,(H,16,17). The van der Waals surface area contributed by atoms with Crippen LogP contribution in [0.3, 0.4) is 0 Å². The highest BCUT2D eigenvalue weighted by Crippen LogP contribution is 2.25. The van der Waals surface area contributed by atoms with Crippen LogP contribution >= 0.6 is 11.8 Å². The zero-order valence-corrected chi connectivity index (χ0v) is 11.2. The Bertz CT molecular complexity index is 563.